The first-order valence-electron chi connectivity index (χ1n) is 6.20. The number of nitrogens with zero attached hydrogens (tertiary/aromatic N) is 3. The number of halogens is 1. The SMILES string of the molecule is CCCn1ncc(NCCc2ncc[nH]2)c(Cl)c1=O. The van der Waals surface area contributed by atoms with Gasteiger partial charge in [0.05, 0.1) is 11.9 Å². The van der Waals surface area contributed by atoms with E-state index in [0.717, 1.165) is 18.7 Å². The second-order valence-corrected chi connectivity index (χ2v) is 4.49. The first kappa shape index (κ1) is 13.6. The Balaban J connectivity index is 2.01. The third-order valence-corrected chi connectivity index (χ3v) is 3.02. The molecule has 2 aromatic rings. The van der Waals surface area contributed by atoms with E-state index in [1.165, 1.54) is 4.68 Å². The summed E-state index contributed by atoms with van der Waals surface area (Å²) in [4.78, 5) is 19.0. The van der Waals surface area contributed by atoms with Crippen LogP contribution in [-0.2, 0) is 13.0 Å². The van der Waals surface area contributed by atoms with Gasteiger partial charge in [0.15, 0.2) is 0 Å². The van der Waals surface area contributed by atoms with Gasteiger partial charge in [-0.1, -0.05) is 18.5 Å². The summed E-state index contributed by atoms with van der Waals surface area (Å²) >= 11 is 6.04. The van der Waals surface area contributed by atoms with Crippen LogP contribution in [0.25, 0.3) is 0 Å². The number of imidazole rings is 1. The molecule has 0 radical (unpaired) electrons. The Morgan fingerprint density at radius 2 is 2.37 bits per heavy atom. The standard InChI is InChI=1S/C12H16ClN5O/c1-2-7-18-12(19)11(13)9(8-17-18)14-4-3-10-15-5-6-16-10/h5-6,8,14H,2-4,7H2,1H3,(H,15,16). The maximum absolute atomic E-state index is 11.9. The van der Waals surface area contributed by atoms with Gasteiger partial charge in [0, 0.05) is 31.9 Å². The molecular formula is C12H16ClN5O. The summed E-state index contributed by atoms with van der Waals surface area (Å²) in [6.07, 6.45) is 6.63. The second kappa shape index (κ2) is 6.38. The van der Waals surface area contributed by atoms with Crippen LogP contribution in [0.15, 0.2) is 23.4 Å². The highest BCUT2D eigenvalue weighted by Crippen LogP contribution is 2.15. The minimum absolute atomic E-state index is 0.183. The molecule has 0 atom stereocenters. The zero-order chi connectivity index (χ0) is 13.7. The molecule has 2 N–H and O–H groups in total. The summed E-state index contributed by atoms with van der Waals surface area (Å²) in [5.74, 6) is 0.885. The third kappa shape index (κ3) is 3.35. The van der Waals surface area contributed by atoms with Gasteiger partial charge in [-0.05, 0) is 6.42 Å². The Bertz CT molecular complexity index is 578. The highest BCUT2D eigenvalue weighted by Gasteiger charge is 2.08. The fraction of sp³-hybridized carbons (Fsp3) is 0.417. The highest BCUT2D eigenvalue weighted by molar-refractivity contribution is 6.32. The molecule has 0 aliphatic rings. The molecule has 19 heavy (non-hydrogen) atoms. The number of H-pyrrole nitrogens is 1. The number of aryl methyl sites for hydroxylation is 1. The maximum Gasteiger partial charge on any atom is 0.287 e. The summed E-state index contributed by atoms with van der Waals surface area (Å²) in [6.45, 7) is 3.19. The van der Waals surface area contributed by atoms with E-state index in [9.17, 15) is 4.79 Å². The van der Waals surface area contributed by atoms with E-state index in [-0.39, 0.29) is 10.6 Å². The van der Waals surface area contributed by atoms with Gasteiger partial charge < -0.3 is 10.3 Å². The second-order valence-electron chi connectivity index (χ2n) is 4.11. The van der Waals surface area contributed by atoms with Gasteiger partial charge in [-0.2, -0.15) is 5.10 Å². The summed E-state index contributed by atoms with van der Waals surface area (Å²) in [7, 11) is 0. The molecule has 0 fully saturated rings. The number of rotatable bonds is 6. The van der Waals surface area contributed by atoms with Crippen molar-refractivity contribution in [1.29, 1.82) is 0 Å². The van der Waals surface area contributed by atoms with Crippen LogP contribution in [0.3, 0.4) is 0 Å². The van der Waals surface area contributed by atoms with E-state index in [0.29, 0.717) is 18.8 Å². The van der Waals surface area contributed by atoms with Crippen molar-refractivity contribution in [3.05, 3.63) is 39.8 Å². The van der Waals surface area contributed by atoms with Gasteiger partial charge >= 0.3 is 0 Å². The number of hydrogen-bond donors (Lipinski definition) is 2. The molecule has 6 nitrogen and oxygen atoms in total. The first-order chi connectivity index (χ1) is 9.22. The molecule has 0 amide bonds. The van der Waals surface area contributed by atoms with Crippen molar-refractivity contribution in [2.75, 3.05) is 11.9 Å². The molecule has 0 aliphatic carbocycles. The molecule has 0 bridgehead atoms. The van der Waals surface area contributed by atoms with Crippen molar-refractivity contribution < 1.29 is 0 Å². The van der Waals surface area contributed by atoms with Gasteiger partial charge in [-0.15, -0.1) is 0 Å². The first-order valence-corrected chi connectivity index (χ1v) is 6.58. The molecule has 102 valence electrons. The summed E-state index contributed by atoms with van der Waals surface area (Å²) in [5.41, 5.74) is 0.303. The van der Waals surface area contributed by atoms with Crippen LogP contribution >= 0.6 is 11.6 Å². The molecular weight excluding hydrogens is 266 g/mol. The number of anilines is 1. The third-order valence-electron chi connectivity index (χ3n) is 2.65. The fourth-order valence-electron chi connectivity index (χ4n) is 1.71. The predicted octanol–water partition coefficient (Wildman–Crippen LogP) is 1.68. The van der Waals surface area contributed by atoms with Crippen LogP contribution in [0, 0.1) is 0 Å². The van der Waals surface area contributed by atoms with Crippen molar-refractivity contribution in [2.24, 2.45) is 0 Å². The smallest absolute Gasteiger partial charge is 0.287 e. The number of hydrogen-bond acceptors (Lipinski definition) is 4. The topological polar surface area (TPSA) is 75.6 Å². The summed E-state index contributed by atoms with van der Waals surface area (Å²) < 4.78 is 1.38. The monoisotopic (exact) mass is 281 g/mol. The van der Waals surface area contributed by atoms with Crippen LogP contribution in [0.4, 0.5) is 5.69 Å². The summed E-state index contributed by atoms with van der Waals surface area (Å²) in [5, 5.41) is 7.36. The quantitative estimate of drug-likeness (QED) is 0.845. The number of aromatic amines is 1. The lowest BCUT2D eigenvalue weighted by molar-refractivity contribution is 0.568. The van der Waals surface area contributed by atoms with Gasteiger partial charge in [0.2, 0.25) is 0 Å². The average molecular weight is 282 g/mol. The van der Waals surface area contributed by atoms with Crippen molar-refractivity contribution in [3.63, 3.8) is 0 Å². The van der Waals surface area contributed by atoms with Gasteiger partial charge in [0.25, 0.3) is 5.56 Å². The van der Waals surface area contributed by atoms with Crippen LogP contribution < -0.4 is 10.9 Å². The minimum Gasteiger partial charge on any atom is -0.382 e. The van der Waals surface area contributed by atoms with Gasteiger partial charge in [-0.3, -0.25) is 4.79 Å². The van der Waals surface area contributed by atoms with Crippen molar-refractivity contribution in [3.8, 4) is 0 Å². The van der Waals surface area contributed by atoms with E-state index < -0.39 is 0 Å². The van der Waals surface area contributed by atoms with Gasteiger partial charge in [-0.25, -0.2) is 9.67 Å². The van der Waals surface area contributed by atoms with Crippen LogP contribution in [-0.4, -0.2) is 26.3 Å². The van der Waals surface area contributed by atoms with Crippen LogP contribution in [0.2, 0.25) is 5.02 Å². The summed E-state index contributed by atoms with van der Waals surface area (Å²) in [6, 6.07) is 0. The Hall–Kier alpha value is -1.82. The average Bonchev–Trinajstić information content (AvgIpc) is 2.91. The molecule has 0 aromatic carbocycles. The molecule has 2 heterocycles. The molecule has 7 heteroatoms. The predicted molar refractivity (Wildman–Crippen MR) is 74.6 cm³/mol. The Kier molecular flexibility index (Phi) is 4.57. The van der Waals surface area contributed by atoms with Gasteiger partial charge in [0.1, 0.15) is 10.8 Å². The zero-order valence-corrected chi connectivity index (χ0v) is 11.4. The van der Waals surface area contributed by atoms with Crippen molar-refractivity contribution >= 4 is 17.3 Å². The molecule has 0 unspecified atom stereocenters. The van der Waals surface area contributed by atoms with E-state index in [1.54, 1.807) is 18.6 Å². The van der Waals surface area contributed by atoms with Crippen molar-refractivity contribution in [2.45, 2.75) is 26.3 Å². The molecule has 0 spiro atoms. The largest absolute Gasteiger partial charge is 0.382 e. The maximum atomic E-state index is 11.9. The number of aromatic nitrogens is 4. The highest BCUT2D eigenvalue weighted by atomic mass is 35.5. The van der Waals surface area contributed by atoms with E-state index in [1.807, 2.05) is 6.92 Å². The van der Waals surface area contributed by atoms with Crippen molar-refractivity contribution in [1.82, 2.24) is 19.7 Å². The molecule has 0 saturated heterocycles. The van der Waals surface area contributed by atoms with E-state index in [4.69, 9.17) is 11.6 Å². The number of nitrogens with one attached hydrogen (secondary N) is 2. The molecule has 2 rings (SSSR count). The zero-order valence-electron chi connectivity index (χ0n) is 10.7. The normalized spacial score (nSPS) is 10.6. The Morgan fingerprint density at radius 3 is 3.05 bits per heavy atom. The Morgan fingerprint density at radius 1 is 1.53 bits per heavy atom. The van der Waals surface area contributed by atoms with Crippen LogP contribution in [0.1, 0.15) is 19.2 Å². The fourth-order valence-corrected chi connectivity index (χ4v) is 1.92. The Labute approximate surface area is 115 Å². The minimum atomic E-state index is -0.258. The van der Waals surface area contributed by atoms with E-state index in [2.05, 4.69) is 20.4 Å². The lowest BCUT2D eigenvalue weighted by Crippen LogP contribution is -2.24. The van der Waals surface area contributed by atoms with Crippen LogP contribution in [0.5, 0.6) is 0 Å². The van der Waals surface area contributed by atoms with E-state index >= 15 is 0 Å². The lowest BCUT2D eigenvalue weighted by Gasteiger charge is -2.09. The molecule has 2 aromatic heterocycles. The molecule has 0 saturated carbocycles. The molecule has 0 aliphatic heterocycles. The lowest BCUT2D eigenvalue weighted by atomic mass is 10.3.